The van der Waals surface area contributed by atoms with E-state index in [9.17, 15) is 4.79 Å². The maximum absolute atomic E-state index is 12.0. The Morgan fingerprint density at radius 3 is 2.96 bits per heavy atom. The Hall–Kier alpha value is -3.25. The molecule has 9 heteroatoms. The average Bonchev–Trinajstić information content (AvgIpc) is 3.23. The molecular weight excluding hydrogens is 344 g/mol. The van der Waals surface area contributed by atoms with Crippen LogP contribution in [0.1, 0.15) is 12.8 Å². The van der Waals surface area contributed by atoms with Crippen LogP contribution >= 0.6 is 0 Å². The summed E-state index contributed by atoms with van der Waals surface area (Å²) in [5.74, 6) is 0.405. The lowest BCUT2D eigenvalue weighted by Gasteiger charge is -2.38. The Morgan fingerprint density at radius 2 is 2.26 bits per heavy atom. The number of nitrogens with one attached hydrogen (secondary N) is 2. The molecule has 0 unspecified atom stereocenters. The topological polar surface area (TPSA) is 93.5 Å². The number of nitrogens with zero attached hydrogens (tertiary/aromatic N) is 6. The van der Waals surface area contributed by atoms with Crippen molar-refractivity contribution in [1.29, 1.82) is 0 Å². The zero-order valence-electron chi connectivity index (χ0n) is 14.6. The first-order valence-corrected chi connectivity index (χ1v) is 8.95. The molecule has 1 aliphatic heterocycles. The lowest BCUT2D eigenvalue weighted by atomic mass is 9.93. The van der Waals surface area contributed by atoms with Crippen molar-refractivity contribution in [3.63, 3.8) is 0 Å². The minimum absolute atomic E-state index is 0.0150. The Kier molecular flexibility index (Phi) is 3.48. The third kappa shape index (κ3) is 2.65. The molecule has 1 amide bonds. The first-order valence-electron chi connectivity index (χ1n) is 8.95. The predicted octanol–water partition coefficient (Wildman–Crippen LogP) is 1.16. The first-order chi connectivity index (χ1) is 13.2. The molecule has 5 rings (SSSR count). The largest absolute Gasteiger partial charge is 0.314 e. The molecule has 27 heavy (non-hydrogen) atoms. The summed E-state index contributed by atoms with van der Waals surface area (Å²) in [6.45, 7) is 9.09. The number of hydrogen-bond donors (Lipinski definition) is 2. The van der Waals surface area contributed by atoms with Crippen molar-refractivity contribution in [1.82, 2.24) is 29.7 Å². The molecule has 0 spiro atoms. The molecule has 1 saturated heterocycles. The SMILES string of the molecule is [C-]#[N+]CC1(n2cc(-c3cccc4nc(NC(=O)C5CC5)nn34)cn2)CNC1. The van der Waals surface area contributed by atoms with Crippen molar-refractivity contribution < 1.29 is 4.79 Å². The van der Waals surface area contributed by atoms with Crippen LogP contribution in [0.4, 0.5) is 5.95 Å². The fourth-order valence-electron chi connectivity index (χ4n) is 3.36. The Morgan fingerprint density at radius 1 is 1.41 bits per heavy atom. The molecule has 9 nitrogen and oxygen atoms in total. The van der Waals surface area contributed by atoms with Gasteiger partial charge in [-0.1, -0.05) is 6.07 Å². The number of anilines is 1. The second-order valence-corrected chi connectivity index (χ2v) is 7.20. The molecule has 3 aromatic rings. The molecule has 0 radical (unpaired) electrons. The number of rotatable bonds is 5. The van der Waals surface area contributed by atoms with Crippen LogP contribution in [0.5, 0.6) is 0 Å². The van der Waals surface area contributed by atoms with E-state index in [1.54, 1.807) is 10.7 Å². The molecule has 1 aliphatic carbocycles. The van der Waals surface area contributed by atoms with Gasteiger partial charge in [0.25, 0.3) is 0 Å². The van der Waals surface area contributed by atoms with Crippen LogP contribution in [0.15, 0.2) is 30.6 Å². The van der Waals surface area contributed by atoms with Crippen molar-refractivity contribution in [3.8, 4) is 11.3 Å². The summed E-state index contributed by atoms with van der Waals surface area (Å²) in [7, 11) is 0. The van der Waals surface area contributed by atoms with Gasteiger partial charge in [-0.25, -0.2) is 11.1 Å². The molecule has 136 valence electrons. The molecular formula is C18H18N8O. The zero-order chi connectivity index (χ0) is 18.4. The van der Waals surface area contributed by atoms with Gasteiger partial charge < -0.3 is 10.2 Å². The molecule has 0 atom stereocenters. The van der Waals surface area contributed by atoms with Crippen molar-refractivity contribution in [2.45, 2.75) is 18.4 Å². The second-order valence-electron chi connectivity index (χ2n) is 7.20. The van der Waals surface area contributed by atoms with Crippen molar-refractivity contribution in [3.05, 3.63) is 42.0 Å². The fraction of sp³-hybridized carbons (Fsp3) is 0.389. The minimum Gasteiger partial charge on any atom is -0.314 e. The normalized spacial score (nSPS) is 18.0. The highest BCUT2D eigenvalue weighted by molar-refractivity contribution is 5.92. The van der Waals surface area contributed by atoms with E-state index in [4.69, 9.17) is 6.57 Å². The second kappa shape index (κ2) is 5.89. The summed E-state index contributed by atoms with van der Waals surface area (Å²) in [5, 5.41) is 15.0. The quantitative estimate of drug-likeness (QED) is 0.665. The summed E-state index contributed by atoms with van der Waals surface area (Å²) in [6.07, 6.45) is 5.60. The number of hydrogen-bond acceptors (Lipinski definition) is 5. The smallest absolute Gasteiger partial charge is 0.249 e. The summed E-state index contributed by atoms with van der Waals surface area (Å²) in [4.78, 5) is 20.0. The third-order valence-electron chi connectivity index (χ3n) is 5.19. The molecule has 4 heterocycles. The summed E-state index contributed by atoms with van der Waals surface area (Å²) < 4.78 is 3.59. The summed E-state index contributed by atoms with van der Waals surface area (Å²) in [6, 6.07) is 5.70. The van der Waals surface area contributed by atoms with Crippen molar-refractivity contribution >= 4 is 17.5 Å². The number of carbonyl (C=O) groups is 1. The van der Waals surface area contributed by atoms with E-state index in [0.717, 1.165) is 37.2 Å². The minimum atomic E-state index is -0.278. The maximum atomic E-state index is 12.0. The molecule has 2 N–H and O–H groups in total. The number of carbonyl (C=O) groups excluding carboxylic acids is 1. The Bertz CT molecular complexity index is 1070. The number of pyridine rings is 1. The van der Waals surface area contributed by atoms with Gasteiger partial charge in [-0.05, 0) is 25.0 Å². The maximum Gasteiger partial charge on any atom is 0.249 e. The highest BCUT2D eigenvalue weighted by Gasteiger charge is 2.43. The fourth-order valence-corrected chi connectivity index (χ4v) is 3.36. The van der Waals surface area contributed by atoms with Gasteiger partial charge in [-0.2, -0.15) is 10.1 Å². The molecule has 2 fully saturated rings. The molecule has 2 aliphatic rings. The van der Waals surface area contributed by atoms with Gasteiger partial charge in [0.05, 0.1) is 11.9 Å². The highest BCUT2D eigenvalue weighted by Crippen LogP contribution is 2.30. The Balaban J connectivity index is 1.49. The van der Waals surface area contributed by atoms with Gasteiger partial charge in [0.1, 0.15) is 0 Å². The van der Waals surface area contributed by atoms with Gasteiger partial charge in [0.15, 0.2) is 11.2 Å². The summed E-state index contributed by atoms with van der Waals surface area (Å²) in [5.41, 5.74) is 2.11. The van der Waals surface area contributed by atoms with Gasteiger partial charge in [-0.3, -0.25) is 14.8 Å². The molecule has 3 aromatic heterocycles. The monoisotopic (exact) mass is 362 g/mol. The number of amides is 1. The average molecular weight is 362 g/mol. The van der Waals surface area contributed by atoms with Crippen LogP contribution in [-0.2, 0) is 10.3 Å². The van der Waals surface area contributed by atoms with Gasteiger partial charge >= 0.3 is 0 Å². The number of fused-ring (bicyclic) bond motifs is 1. The van der Waals surface area contributed by atoms with Gasteiger partial charge in [0, 0.05) is 30.8 Å². The zero-order valence-corrected chi connectivity index (χ0v) is 14.6. The van der Waals surface area contributed by atoms with E-state index in [1.165, 1.54) is 0 Å². The van der Waals surface area contributed by atoms with Crippen LogP contribution < -0.4 is 10.6 Å². The van der Waals surface area contributed by atoms with E-state index in [2.05, 4.69) is 30.7 Å². The highest BCUT2D eigenvalue weighted by atomic mass is 16.2. The lowest BCUT2D eigenvalue weighted by Crippen LogP contribution is -2.62. The van der Waals surface area contributed by atoms with Gasteiger partial charge in [-0.15, -0.1) is 5.10 Å². The van der Waals surface area contributed by atoms with E-state index in [-0.39, 0.29) is 17.4 Å². The first kappa shape index (κ1) is 16.0. The van der Waals surface area contributed by atoms with Crippen LogP contribution in [0.3, 0.4) is 0 Å². The lowest BCUT2D eigenvalue weighted by molar-refractivity contribution is -0.117. The van der Waals surface area contributed by atoms with E-state index in [0.29, 0.717) is 18.1 Å². The Labute approximate surface area is 155 Å². The van der Waals surface area contributed by atoms with Gasteiger partial charge in [0.2, 0.25) is 18.4 Å². The van der Waals surface area contributed by atoms with Crippen LogP contribution in [0, 0.1) is 12.5 Å². The molecule has 0 bridgehead atoms. The summed E-state index contributed by atoms with van der Waals surface area (Å²) >= 11 is 0. The van der Waals surface area contributed by atoms with E-state index in [1.807, 2.05) is 29.1 Å². The van der Waals surface area contributed by atoms with E-state index >= 15 is 0 Å². The van der Waals surface area contributed by atoms with Crippen molar-refractivity contribution in [2.24, 2.45) is 5.92 Å². The number of aromatic nitrogens is 5. The van der Waals surface area contributed by atoms with Crippen LogP contribution in [0.25, 0.3) is 21.7 Å². The van der Waals surface area contributed by atoms with Crippen molar-refractivity contribution in [2.75, 3.05) is 25.0 Å². The molecule has 0 aromatic carbocycles. The van der Waals surface area contributed by atoms with E-state index < -0.39 is 0 Å². The predicted molar refractivity (Wildman–Crippen MR) is 97.9 cm³/mol. The standard InChI is InChI=1S/C18H18N8O/c1-19-9-18(10-20-11-18)25-8-13(7-21-25)14-3-2-4-15-22-17(24-26(14)15)23-16(27)12-5-6-12/h2-4,7-8,12,20H,5-6,9-11H2,(H,23,24,27). The van der Waals surface area contributed by atoms with Crippen LogP contribution in [-0.4, -0.2) is 49.9 Å². The third-order valence-corrected chi connectivity index (χ3v) is 5.19. The van der Waals surface area contributed by atoms with Crippen LogP contribution in [0.2, 0.25) is 0 Å². The molecule has 1 saturated carbocycles.